The molecule has 0 spiro atoms. The maximum absolute atomic E-state index is 15.1. The molecule has 0 saturated heterocycles. The second-order valence-electron chi connectivity index (χ2n) is 7.75. The van der Waals surface area contributed by atoms with E-state index in [-0.39, 0.29) is 22.9 Å². The second kappa shape index (κ2) is 7.27. The first kappa shape index (κ1) is 19.6. The Morgan fingerprint density at radius 2 is 1.76 bits per heavy atom. The molecule has 0 fully saturated rings. The van der Waals surface area contributed by atoms with E-state index in [1.807, 2.05) is 40.7 Å². The number of ketones is 1. The van der Waals surface area contributed by atoms with E-state index in [4.69, 9.17) is 17.3 Å². The predicted octanol–water partition coefficient (Wildman–Crippen LogP) is 5.61. The normalized spacial score (nSPS) is 13.2. The van der Waals surface area contributed by atoms with E-state index in [1.165, 1.54) is 0 Å². The highest BCUT2D eigenvalue weighted by atomic mass is 35.5. The Morgan fingerprint density at radius 3 is 2.32 bits per heavy atom. The van der Waals surface area contributed by atoms with E-state index >= 15 is 4.39 Å². The minimum atomic E-state index is -0.597. The molecular formula is C21H25ClFNO. The quantitative estimate of drug-likeness (QED) is 0.719. The SMILES string of the molecule is CC(C)[C@H](N)C(=O)c1ccc(Cl)c(-c2cccc(C(C)(C)C)c2F)c1. The molecule has 1 atom stereocenters. The van der Waals surface area contributed by atoms with E-state index in [0.717, 1.165) is 0 Å². The van der Waals surface area contributed by atoms with Gasteiger partial charge in [0.25, 0.3) is 0 Å². The van der Waals surface area contributed by atoms with Gasteiger partial charge in [0.2, 0.25) is 0 Å². The highest BCUT2D eigenvalue weighted by Crippen LogP contribution is 2.35. The number of rotatable bonds is 4. The fourth-order valence-electron chi connectivity index (χ4n) is 2.70. The summed E-state index contributed by atoms with van der Waals surface area (Å²) in [5.74, 6) is -0.456. The molecule has 0 radical (unpaired) electrons. The van der Waals surface area contributed by atoms with Crippen LogP contribution in [0.25, 0.3) is 11.1 Å². The van der Waals surface area contributed by atoms with Gasteiger partial charge in [-0.15, -0.1) is 0 Å². The number of Topliss-reactive ketones (excluding diaryl/α,β-unsaturated/α-hetero) is 1. The van der Waals surface area contributed by atoms with Crippen molar-refractivity contribution in [2.75, 3.05) is 0 Å². The van der Waals surface area contributed by atoms with Gasteiger partial charge in [0, 0.05) is 21.7 Å². The Kier molecular flexibility index (Phi) is 5.70. The van der Waals surface area contributed by atoms with Gasteiger partial charge in [-0.1, -0.05) is 64.4 Å². The van der Waals surface area contributed by atoms with E-state index in [1.54, 1.807) is 30.3 Å². The molecule has 2 aromatic carbocycles. The topological polar surface area (TPSA) is 43.1 Å². The molecule has 0 bridgehead atoms. The summed E-state index contributed by atoms with van der Waals surface area (Å²) in [5, 5.41) is 0.402. The van der Waals surface area contributed by atoms with Crippen molar-refractivity contribution in [3.05, 3.63) is 58.4 Å². The van der Waals surface area contributed by atoms with Gasteiger partial charge in [0.1, 0.15) is 5.82 Å². The van der Waals surface area contributed by atoms with Crippen LogP contribution in [0.5, 0.6) is 0 Å². The molecule has 0 unspecified atom stereocenters. The number of nitrogens with two attached hydrogens (primary N) is 1. The zero-order valence-corrected chi connectivity index (χ0v) is 16.1. The summed E-state index contributed by atoms with van der Waals surface area (Å²) in [7, 11) is 0. The maximum atomic E-state index is 15.1. The third kappa shape index (κ3) is 4.10. The summed E-state index contributed by atoms with van der Waals surface area (Å²) in [6, 6.07) is 9.57. The molecular weight excluding hydrogens is 337 g/mol. The van der Waals surface area contributed by atoms with Gasteiger partial charge >= 0.3 is 0 Å². The number of benzene rings is 2. The summed E-state index contributed by atoms with van der Waals surface area (Å²) in [6.45, 7) is 9.66. The van der Waals surface area contributed by atoms with Crippen molar-refractivity contribution in [3.8, 4) is 11.1 Å². The Labute approximate surface area is 154 Å². The first-order chi connectivity index (χ1) is 11.5. The molecule has 134 valence electrons. The van der Waals surface area contributed by atoms with Gasteiger partial charge in [-0.05, 0) is 35.1 Å². The van der Waals surface area contributed by atoms with Crippen molar-refractivity contribution >= 4 is 17.4 Å². The molecule has 2 N–H and O–H groups in total. The highest BCUT2D eigenvalue weighted by Gasteiger charge is 2.23. The van der Waals surface area contributed by atoms with Gasteiger partial charge in [0.05, 0.1) is 6.04 Å². The van der Waals surface area contributed by atoms with Crippen molar-refractivity contribution in [1.82, 2.24) is 0 Å². The second-order valence-corrected chi connectivity index (χ2v) is 8.15. The molecule has 2 nitrogen and oxygen atoms in total. The lowest BCUT2D eigenvalue weighted by atomic mass is 9.84. The van der Waals surface area contributed by atoms with Crippen LogP contribution in [0.15, 0.2) is 36.4 Å². The number of carbonyl (C=O) groups is 1. The minimum absolute atomic E-state index is 0.0209. The van der Waals surface area contributed by atoms with Crippen LogP contribution in [-0.2, 0) is 5.41 Å². The van der Waals surface area contributed by atoms with Crippen LogP contribution in [0, 0.1) is 11.7 Å². The molecule has 0 saturated carbocycles. The van der Waals surface area contributed by atoms with Crippen LogP contribution in [0.4, 0.5) is 4.39 Å². The van der Waals surface area contributed by atoms with Crippen LogP contribution in [-0.4, -0.2) is 11.8 Å². The molecule has 0 amide bonds. The van der Waals surface area contributed by atoms with Crippen molar-refractivity contribution in [1.29, 1.82) is 0 Å². The maximum Gasteiger partial charge on any atom is 0.179 e. The number of hydrogen-bond acceptors (Lipinski definition) is 2. The molecule has 25 heavy (non-hydrogen) atoms. The summed E-state index contributed by atoms with van der Waals surface area (Å²) >= 11 is 6.31. The van der Waals surface area contributed by atoms with E-state index in [9.17, 15) is 4.79 Å². The van der Waals surface area contributed by atoms with E-state index in [0.29, 0.717) is 27.3 Å². The van der Waals surface area contributed by atoms with Crippen LogP contribution in [0.1, 0.15) is 50.5 Å². The van der Waals surface area contributed by atoms with Gasteiger partial charge < -0.3 is 5.73 Å². The third-order valence-corrected chi connectivity index (χ3v) is 4.70. The van der Waals surface area contributed by atoms with Crippen LogP contribution in [0.2, 0.25) is 5.02 Å². The third-order valence-electron chi connectivity index (χ3n) is 4.37. The summed E-state index contributed by atoms with van der Waals surface area (Å²) in [5.41, 5.74) is 7.59. The number of carbonyl (C=O) groups excluding carboxylic acids is 1. The largest absolute Gasteiger partial charge is 0.321 e. The van der Waals surface area contributed by atoms with E-state index < -0.39 is 6.04 Å². The molecule has 4 heteroatoms. The average molecular weight is 362 g/mol. The van der Waals surface area contributed by atoms with Crippen LogP contribution in [0.3, 0.4) is 0 Å². The number of hydrogen-bond donors (Lipinski definition) is 1. The lowest BCUT2D eigenvalue weighted by Crippen LogP contribution is -2.35. The van der Waals surface area contributed by atoms with Crippen LogP contribution >= 0.6 is 11.6 Å². The van der Waals surface area contributed by atoms with Gasteiger partial charge in [-0.25, -0.2) is 4.39 Å². The average Bonchev–Trinajstić information content (AvgIpc) is 2.53. The fourth-order valence-corrected chi connectivity index (χ4v) is 2.92. The van der Waals surface area contributed by atoms with Gasteiger partial charge in [-0.2, -0.15) is 0 Å². The number of halogens is 2. The fraction of sp³-hybridized carbons (Fsp3) is 0.381. The molecule has 2 aromatic rings. The zero-order valence-electron chi connectivity index (χ0n) is 15.4. The summed E-state index contributed by atoms with van der Waals surface area (Å²) in [4.78, 5) is 12.5. The molecule has 2 rings (SSSR count). The zero-order chi connectivity index (χ0) is 18.9. The lowest BCUT2D eigenvalue weighted by Gasteiger charge is -2.21. The Bertz CT molecular complexity index is 793. The van der Waals surface area contributed by atoms with E-state index in [2.05, 4.69) is 0 Å². The Balaban J connectivity index is 2.58. The predicted molar refractivity (Wildman–Crippen MR) is 103 cm³/mol. The standard InChI is InChI=1S/C21H25ClFNO/c1-12(2)19(24)20(25)13-9-10-17(22)15(11-13)14-7-6-8-16(18(14)23)21(3,4)5/h6-12,19H,24H2,1-5H3/t19-/m0/s1. The van der Waals surface area contributed by atoms with Crippen LogP contribution < -0.4 is 5.73 Å². The van der Waals surface area contributed by atoms with Crippen molar-refractivity contribution in [2.24, 2.45) is 11.7 Å². The van der Waals surface area contributed by atoms with Crippen molar-refractivity contribution < 1.29 is 9.18 Å². The summed E-state index contributed by atoms with van der Waals surface area (Å²) < 4.78 is 15.1. The first-order valence-corrected chi connectivity index (χ1v) is 8.80. The Morgan fingerprint density at radius 1 is 1.12 bits per heavy atom. The molecule has 0 aliphatic heterocycles. The van der Waals surface area contributed by atoms with Crippen molar-refractivity contribution in [2.45, 2.75) is 46.1 Å². The molecule has 0 aliphatic carbocycles. The Hall–Kier alpha value is -1.71. The van der Waals surface area contributed by atoms with Gasteiger partial charge in [0.15, 0.2) is 5.78 Å². The first-order valence-electron chi connectivity index (χ1n) is 8.42. The van der Waals surface area contributed by atoms with Gasteiger partial charge in [-0.3, -0.25) is 4.79 Å². The lowest BCUT2D eigenvalue weighted by molar-refractivity contribution is 0.0940. The minimum Gasteiger partial charge on any atom is -0.321 e. The molecule has 0 heterocycles. The smallest absolute Gasteiger partial charge is 0.179 e. The summed E-state index contributed by atoms with van der Waals surface area (Å²) in [6.07, 6.45) is 0. The van der Waals surface area contributed by atoms with Crippen molar-refractivity contribution in [3.63, 3.8) is 0 Å². The monoisotopic (exact) mass is 361 g/mol. The molecule has 0 aromatic heterocycles. The highest BCUT2D eigenvalue weighted by molar-refractivity contribution is 6.33. The molecule has 0 aliphatic rings.